The summed E-state index contributed by atoms with van der Waals surface area (Å²) in [7, 11) is -3.84. The molecule has 1 aromatic rings. The summed E-state index contributed by atoms with van der Waals surface area (Å²) in [5, 5.41) is 8.04. The number of carbonyl (C=O) groups is 1. The van der Waals surface area contributed by atoms with Gasteiger partial charge in [-0.15, -0.1) is 0 Å². The molecule has 0 radical (unpaired) electrons. The second kappa shape index (κ2) is 5.70. The summed E-state index contributed by atoms with van der Waals surface area (Å²) in [6.07, 6.45) is 3.29. The van der Waals surface area contributed by atoms with Gasteiger partial charge in [0.1, 0.15) is 0 Å². The van der Waals surface area contributed by atoms with Gasteiger partial charge >= 0.3 is 0 Å². The maximum Gasteiger partial charge on any atom is 0.251 e. The van der Waals surface area contributed by atoms with Crippen LogP contribution in [0.25, 0.3) is 0 Å². The highest BCUT2D eigenvalue weighted by molar-refractivity contribution is 9.10. The van der Waals surface area contributed by atoms with Gasteiger partial charge in [-0.2, -0.15) is 0 Å². The maximum atomic E-state index is 12.3. The highest BCUT2D eigenvalue weighted by Crippen LogP contribution is 2.47. The summed E-state index contributed by atoms with van der Waals surface area (Å²) in [6.45, 7) is 4.50. The molecule has 116 valence electrons. The number of amides is 1. The number of nitrogens with one attached hydrogen (secondary N) is 1. The van der Waals surface area contributed by atoms with E-state index in [0.29, 0.717) is 22.1 Å². The van der Waals surface area contributed by atoms with Crippen LogP contribution in [0.1, 0.15) is 42.1 Å². The predicted octanol–water partition coefficient (Wildman–Crippen LogP) is 2.32. The molecule has 3 N–H and O–H groups in total. The zero-order valence-corrected chi connectivity index (χ0v) is 14.5. The van der Waals surface area contributed by atoms with Crippen molar-refractivity contribution in [1.29, 1.82) is 0 Å². The SMILES string of the molecule is CCC1(CNC(=O)c2cc(S(N)(=O)=O)cc(Br)c2C)CC1. The normalized spacial score (nSPS) is 16.6. The number of carbonyl (C=O) groups excluding carboxylic acids is 1. The molecular weight excluding hydrogens is 356 g/mol. The number of primary sulfonamides is 1. The average Bonchev–Trinajstić information content (AvgIpc) is 3.18. The standard InChI is InChI=1S/C14H19BrN2O3S/c1-3-14(4-5-14)8-17-13(18)11-6-10(21(16,19)20)7-12(15)9(11)2/h6-7H,3-5,8H2,1-2H3,(H,17,18)(H2,16,19,20). The number of nitrogens with two attached hydrogens (primary N) is 1. The molecule has 1 aromatic carbocycles. The van der Waals surface area contributed by atoms with E-state index >= 15 is 0 Å². The van der Waals surface area contributed by atoms with Gasteiger partial charge in [-0.05, 0) is 49.3 Å². The Kier molecular flexibility index (Phi) is 4.46. The molecule has 1 aliphatic rings. The fourth-order valence-corrected chi connectivity index (χ4v) is 3.43. The topological polar surface area (TPSA) is 89.3 Å². The van der Waals surface area contributed by atoms with E-state index in [1.807, 2.05) is 0 Å². The van der Waals surface area contributed by atoms with Crippen molar-refractivity contribution in [3.8, 4) is 0 Å². The molecular formula is C14H19BrN2O3S. The van der Waals surface area contributed by atoms with Gasteiger partial charge in [-0.25, -0.2) is 13.6 Å². The lowest BCUT2D eigenvalue weighted by Gasteiger charge is -2.15. The minimum Gasteiger partial charge on any atom is -0.351 e. The van der Waals surface area contributed by atoms with Crippen LogP contribution in [0.2, 0.25) is 0 Å². The van der Waals surface area contributed by atoms with Gasteiger partial charge in [-0.1, -0.05) is 22.9 Å². The van der Waals surface area contributed by atoms with Crippen molar-refractivity contribution in [3.05, 3.63) is 27.7 Å². The first-order valence-corrected chi connectivity index (χ1v) is 9.14. The fraction of sp³-hybridized carbons (Fsp3) is 0.500. The van der Waals surface area contributed by atoms with Gasteiger partial charge in [0.2, 0.25) is 10.0 Å². The summed E-state index contributed by atoms with van der Waals surface area (Å²) in [5.41, 5.74) is 1.26. The monoisotopic (exact) mass is 374 g/mol. The van der Waals surface area contributed by atoms with E-state index in [0.717, 1.165) is 19.3 Å². The molecule has 1 amide bonds. The minimum atomic E-state index is -3.84. The predicted molar refractivity (Wildman–Crippen MR) is 84.5 cm³/mol. The molecule has 1 aliphatic carbocycles. The largest absolute Gasteiger partial charge is 0.351 e. The summed E-state index contributed by atoms with van der Waals surface area (Å²) < 4.78 is 23.5. The van der Waals surface area contributed by atoms with E-state index in [1.54, 1.807) is 6.92 Å². The first-order valence-electron chi connectivity index (χ1n) is 6.80. The Morgan fingerprint density at radius 2 is 2.05 bits per heavy atom. The molecule has 21 heavy (non-hydrogen) atoms. The van der Waals surface area contributed by atoms with Crippen molar-refractivity contribution < 1.29 is 13.2 Å². The number of hydrogen-bond acceptors (Lipinski definition) is 3. The Labute approximate surface area is 133 Å². The van der Waals surface area contributed by atoms with E-state index in [9.17, 15) is 13.2 Å². The molecule has 7 heteroatoms. The zero-order valence-electron chi connectivity index (χ0n) is 12.1. The maximum absolute atomic E-state index is 12.3. The third-order valence-corrected chi connectivity index (χ3v) is 5.94. The van der Waals surface area contributed by atoms with Crippen molar-refractivity contribution in [3.63, 3.8) is 0 Å². The number of hydrogen-bond donors (Lipinski definition) is 2. The Hall–Kier alpha value is -0.920. The van der Waals surface area contributed by atoms with Gasteiger partial charge < -0.3 is 5.32 Å². The fourth-order valence-electron chi connectivity index (χ4n) is 2.25. The van der Waals surface area contributed by atoms with Crippen molar-refractivity contribution >= 4 is 31.9 Å². The van der Waals surface area contributed by atoms with Crippen LogP contribution in [-0.4, -0.2) is 20.9 Å². The summed E-state index contributed by atoms with van der Waals surface area (Å²) in [5.74, 6) is -0.265. The molecule has 0 aromatic heterocycles. The highest BCUT2D eigenvalue weighted by atomic mass is 79.9. The smallest absolute Gasteiger partial charge is 0.251 e. The lowest BCUT2D eigenvalue weighted by atomic mass is 10.0. The van der Waals surface area contributed by atoms with E-state index < -0.39 is 10.0 Å². The Morgan fingerprint density at radius 3 is 2.52 bits per heavy atom. The molecule has 0 saturated heterocycles. The van der Waals surface area contributed by atoms with E-state index in [-0.39, 0.29) is 16.2 Å². The van der Waals surface area contributed by atoms with E-state index in [4.69, 9.17) is 5.14 Å². The van der Waals surface area contributed by atoms with Crippen LogP contribution in [-0.2, 0) is 10.0 Å². The average molecular weight is 375 g/mol. The third-order valence-electron chi connectivity index (χ3n) is 4.22. The highest BCUT2D eigenvalue weighted by Gasteiger charge is 2.40. The first-order chi connectivity index (χ1) is 9.68. The molecule has 5 nitrogen and oxygen atoms in total. The van der Waals surface area contributed by atoms with Gasteiger partial charge in [0.05, 0.1) is 4.90 Å². The molecule has 0 atom stereocenters. The molecule has 1 fully saturated rings. The second-order valence-electron chi connectivity index (χ2n) is 5.66. The van der Waals surface area contributed by atoms with Crippen LogP contribution < -0.4 is 10.5 Å². The van der Waals surface area contributed by atoms with E-state index in [1.165, 1.54) is 12.1 Å². The molecule has 2 rings (SSSR count). The van der Waals surface area contributed by atoms with Crippen LogP contribution in [0.15, 0.2) is 21.5 Å². The second-order valence-corrected chi connectivity index (χ2v) is 8.07. The Balaban J connectivity index is 2.26. The van der Waals surface area contributed by atoms with Crippen LogP contribution in [0.3, 0.4) is 0 Å². The third kappa shape index (κ3) is 3.64. The van der Waals surface area contributed by atoms with Crippen molar-refractivity contribution in [2.45, 2.75) is 38.0 Å². The first kappa shape index (κ1) is 16.5. The quantitative estimate of drug-likeness (QED) is 0.828. The van der Waals surface area contributed by atoms with Crippen LogP contribution >= 0.6 is 15.9 Å². The molecule has 0 aliphatic heterocycles. The van der Waals surface area contributed by atoms with E-state index in [2.05, 4.69) is 28.2 Å². The van der Waals surface area contributed by atoms with Crippen LogP contribution in [0.4, 0.5) is 0 Å². The number of halogens is 1. The van der Waals surface area contributed by atoms with Crippen molar-refractivity contribution in [2.24, 2.45) is 10.6 Å². The summed E-state index contributed by atoms with van der Waals surface area (Å²) in [6, 6.07) is 2.74. The molecule has 0 unspecified atom stereocenters. The van der Waals surface area contributed by atoms with Crippen LogP contribution in [0, 0.1) is 12.3 Å². The number of benzene rings is 1. The molecule has 1 saturated carbocycles. The van der Waals surface area contributed by atoms with Crippen molar-refractivity contribution in [2.75, 3.05) is 6.54 Å². The van der Waals surface area contributed by atoms with Gasteiger partial charge in [0.15, 0.2) is 0 Å². The molecule has 0 spiro atoms. The zero-order chi connectivity index (χ0) is 15.8. The number of rotatable bonds is 5. The van der Waals surface area contributed by atoms with Crippen LogP contribution in [0.5, 0.6) is 0 Å². The summed E-state index contributed by atoms with van der Waals surface area (Å²) >= 11 is 3.27. The van der Waals surface area contributed by atoms with Crippen molar-refractivity contribution in [1.82, 2.24) is 5.32 Å². The molecule has 0 bridgehead atoms. The minimum absolute atomic E-state index is 0.0678. The van der Waals surface area contributed by atoms with Gasteiger partial charge in [-0.3, -0.25) is 4.79 Å². The van der Waals surface area contributed by atoms with Gasteiger partial charge in [0, 0.05) is 16.6 Å². The Morgan fingerprint density at radius 1 is 1.43 bits per heavy atom. The Bertz CT molecular complexity index is 682. The lowest BCUT2D eigenvalue weighted by molar-refractivity contribution is 0.0943. The lowest BCUT2D eigenvalue weighted by Crippen LogP contribution is -2.30. The van der Waals surface area contributed by atoms with Gasteiger partial charge in [0.25, 0.3) is 5.91 Å². The number of sulfonamides is 1. The summed E-state index contributed by atoms with van der Waals surface area (Å²) in [4.78, 5) is 12.3. The molecule has 0 heterocycles.